The van der Waals surface area contributed by atoms with Gasteiger partial charge in [0.15, 0.2) is 24.2 Å². The standard InChI is InChI=1S/C15H21NO6/c1-4-7-21-12-8-10(14(18)15(19)20)5-6-11(12)22-9-13(17)16(2)3/h5-6,8,14,18H,4,7,9H2,1-3H3,(H,19,20). The molecule has 1 rings (SSSR count). The summed E-state index contributed by atoms with van der Waals surface area (Å²) in [6.07, 6.45) is -0.886. The van der Waals surface area contributed by atoms with Crippen molar-refractivity contribution in [1.29, 1.82) is 0 Å². The van der Waals surface area contributed by atoms with Gasteiger partial charge in [-0.25, -0.2) is 4.79 Å². The average Bonchev–Trinajstić information content (AvgIpc) is 2.49. The molecule has 0 radical (unpaired) electrons. The van der Waals surface area contributed by atoms with Crippen LogP contribution in [-0.2, 0) is 9.59 Å². The molecule has 2 N–H and O–H groups in total. The number of carbonyl (C=O) groups excluding carboxylic acids is 1. The van der Waals surface area contributed by atoms with Gasteiger partial charge in [0.2, 0.25) is 0 Å². The molecule has 0 saturated heterocycles. The van der Waals surface area contributed by atoms with Gasteiger partial charge in [0.05, 0.1) is 6.61 Å². The number of hydrogen-bond donors (Lipinski definition) is 2. The Labute approximate surface area is 129 Å². The number of carboxylic acids is 1. The maximum atomic E-state index is 11.5. The Morgan fingerprint density at radius 2 is 1.91 bits per heavy atom. The van der Waals surface area contributed by atoms with Crippen LogP contribution in [0.25, 0.3) is 0 Å². The predicted molar refractivity (Wildman–Crippen MR) is 79.0 cm³/mol. The van der Waals surface area contributed by atoms with Gasteiger partial charge >= 0.3 is 5.97 Å². The summed E-state index contributed by atoms with van der Waals surface area (Å²) in [4.78, 5) is 23.8. The number of ether oxygens (including phenoxy) is 2. The van der Waals surface area contributed by atoms with E-state index in [0.717, 1.165) is 6.42 Å². The van der Waals surface area contributed by atoms with E-state index in [1.54, 1.807) is 14.1 Å². The minimum atomic E-state index is -1.64. The van der Waals surface area contributed by atoms with Crippen molar-refractivity contribution in [3.8, 4) is 11.5 Å². The summed E-state index contributed by atoms with van der Waals surface area (Å²) in [5, 5.41) is 18.4. The Bertz CT molecular complexity index is 529. The van der Waals surface area contributed by atoms with Crippen molar-refractivity contribution < 1.29 is 29.3 Å². The van der Waals surface area contributed by atoms with Crippen LogP contribution >= 0.6 is 0 Å². The van der Waals surface area contributed by atoms with E-state index < -0.39 is 12.1 Å². The average molecular weight is 311 g/mol. The fourth-order valence-electron chi connectivity index (χ4n) is 1.55. The van der Waals surface area contributed by atoms with Crippen molar-refractivity contribution in [2.45, 2.75) is 19.4 Å². The fraction of sp³-hybridized carbons (Fsp3) is 0.467. The molecule has 0 fully saturated rings. The number of carbonyl (C=O) groups is 2. The number of aliphatic carboxylic acids is 1. The normalized spacial score (nSPS) is 11.6. The lowest BCUT2D eigenvalue weighted by molar-refractivity contribution is -0.147. The molecule has 7 nitrogen and oxygen atoms in total. The molecule has 0 saturated carbocycles. The first-order valence-electron chi connectivity index (χ1n) is 6.87. The second-order valence-corrected chi connectivity index (χ2v) is 4.87. The molecule has 1 unspecified atom stereocenters. The highest BCUT2D eigenvalue weighted by atomic mass is 16.5. The second-order valence-electron chi connectivity index (χ2n) is 4.87. The van der Waals surface area contributed by atoms with Crippen LogP contribution in [0.1, 0.15) is 25.0 Å². The maximum absolute atomic E-state index is 11.5. The third-order valence-corrected chi connectivity index (χ3v) is 2.83. The monoisotopic (exact) mass is 311 g/mol. The second kappa shape index (κ2) is 8.23. The number of amides is 1. The molecule has 1 aromatic carbocycles. The van der Waals surface area contributed by atoms with E-state index in [-0.39, 0.29) is 18.1 Å². The molecule has 1 amide bonds. The molecule has 1 aromatic rings. The smallest absolute Gasteiger partial charge is 0.337 e. The van der Waals surface area contributed by atoms with Gasteiger partial charge in [0.25, 0.3) is 5.91 Å². The summed E-state index contributed by atoms with van der Waals surface area (Å²) < 4.78 is 10.9. The minimum Gasteiger partial charge on any atom is -0.490 e. The van der Waals surface area contributed by atoms with Crippen molar-refractivity contribution in [2.24, 2.45) is 0 Å². The van der Waals surface area contributed by atoms with Crippen molar-refractivity contribution in [3.63, 3.8) is 0 Å². The number of benzene rings is 1. The Hall–Kier alpha value is -2.28. The highest BCUT2D eigenvalue weighted by molar-refractivity contribution is 5.77. The van der Waals surface area contributed by atoms with E-state index in [2.05, 4.69) is 0 Å². The first-order chi connectivity index (χ1) is 10.4. The molecule has 0 aromatic heterocycles. The Kier molecular flexibility index (Phi) is 6.65. The molecule has 1 atom stereocenters. The fourth-order valence-corrected chi connectivity index (χ4v) is 1.55. The molecule has 122 valence electrons. The number of aliphatic hydroxyl groups excluding tert-OH is 1. The van der Waals surface area contributed by atoms with Gasteiger partial charge in [-0.15, -0.1) is 0 Å². The van der Waals surface area contributed by atoms with E-state index in [1.807, 2.05) is 6.92 Å². The number of hydrogen-bond acceptors (Lipinski definition) is 5. The van der Waals surface area contributed by atoms with Crippen molar-refractivity contribution in [3.05, 3.63) is 23.8 Å². The van der Waals surface area contributed by atoms with Gasteiger partial charge < -0.3 is 24.6 Å². The first-order valence-corrected chi connectivity index (χ1v) is 6.87. The number of rotatable bonds is 8. The molecular weight excluding hydrogens is 290 g/mol. The predicted octanol–water partition coefficient (Wildman–Crippen LogP) is 1.06. The lowest BCUT2D eigenvalue weighted by atomic mass is 10.1. The van der Waals surface area contributed by atoms with Gasteiger partial charge in [-0.2, -0.15) is 0 Å². The molecule has 0 aliphatic rings. The summed E-state index contributed by atoms with van der Waals surface area (Å²) in [6, 6.07) is 4.31. The van der Waals surface area contributed by atoms with Crippen LogP contribution in [0.5, 0.6) is 11.5 Å². The summed E-state index contributed by atoms with van der Waals surface area (Å²) in [6.45, 7) is 2.17. The molecular formula is C15H21NO6. The number of carboxylic acid groups (broad SMARTS) is 1. The summed E-state index contributed by atoms with van der Waals surface area (Å²) in [5.74, 6) is -0.940. The molecule has 0 heterocycles. The zero-order valence-electron chi connectivity index (χ0n) is 12.9. The van der Waals surface area contributed by atoms with Crippen LogP contribution in [0.3, 0.4) is 0 Å². The molecule has 0 spiro atoms. The lowest BCUT2D eigenvalue weighted by Crippen LogP contribution is -2.27. The van der Waals surface area contributed by atoms with Crippen molar-refractivity contribution >= 4 is 11.9 Å². The summed E-state index contributed by atoms with van der Waals surface area (Å²) in [5.41, 5.74) is 0.185. The van der Waals surface area contributed by atoms with E-state index in [9.17, 15) is 14.7 Å². The Morgan fingerprint density at radius 1 is 1.23 bits per heavy atom. The van der Waals surface area contributed by atoms with Crippen LogP contribution in [0.2, 0.25) is 0 Å². The van der Waals surface area contributed by atoms with Gasteiger partial charge in [-0.1, -0.05) is 13.0 Å². The zero-order valence-corrected chi connectivity index (χ0v) is 12.9. The number of aliphatic hydroxyl groups is 1. The highest BCUT2D eigenvalue weighted by Gasteiger charge is 2.19. The van der Waals surface area contributed by atoms with E-state index >= 15 is 0 Å². The number of likely N-dealkylation sites (N-methyl/N-ethyl adjacent to an activating group) is 1. The van der Waals surface area contributed by atoms with Crippen LogP contribution in [0.15, 0.2) is 18.2 Å². The number of nitrogens with zero attached hydrogens (tertiary/aromatic N) is 1. The van der Waals surface area contributed by atoms with Crippen LogP contribution in [-0.4, -0.2) is 54.3 Å². The SMILES string of the molecule is CCCOc1cc(C(O)C(=O)O)ccc1OCC(=O)N(C)C. The van der Waals surface area contributed by atoms with Crippen LogP contribution < -0.4 is 9.47 Å². The Morgan fingerprint density at radius 3 is 2.45 bits per heavy atom. The minimum absolute atomic E-state index is 0.156. The van der Waals surface area contributed by atoms with Gasteiger partial charge in [-0.3, -0.25) is 4.79 Å². The molecule has 0 bridgehead atoms. The van der Waals surface area contributed by atoms with Crippen LogP contribution in [0.4, 0.5) is 0 Å². The zero-order chi connectivity index (χ0) is 16.7. The third-order valence-electron chi connectivity index (χ3n) is 2.83. The largest absolute Gasteiger partial charge is 0.490 e. The van der Waals surface area contributed by atoms with Crippen molar-refractivity contribution in [2.75, 3.05) is 27.3 Å². The van der Waals surface area contributed by atoms with Gasteiger partial charge in [-0.05, 0) is 24.1 Å². The molecule has 0 aliphatic heterocycles. The van der Waals surface area contributed by atoms with Crippen molar-refractivity contribution in [1.82, 2.24) is 4.90 Å². The summed E-state index contributed by atoms with van der Waals surface area (Å²) in [7, 11) is 3.24. The molecule has 22 heavy (non-hydrogen) atoms. The third kappa shape index (κ3) is 4.92. The molecule has 7 heteroatoms. The quantitative estimate of drug-likeness (QED) is 0.745. The maximum Gasteiger partial charge on any atom is 0.337 e. The lowest BCUT2D eigenvalue weighted by Gasteiger charge is -2.16. The Balaban J connectivity index is 2.95. The van der Waals surface area contributed by atoms with Gasteiger partial charge in [0, 0.05) is 14.1 Å². The van der Waals surface area contributed by atoms with E-state index in [1.165, 1.54) is 23.1 Å². The summed E-state index contributed by atoms with van der Waals surface area (Å²) >= 11 is 0. The van der Waals surface area contributed by atoms with Crippen LogP contribution in [0, 0.1) is 0 Å². The highest BCUT2D eigenvalue weighted by Crippen LogP contribution is 2.31. The van der Waals surface area contributed by atoms with E-state index in [4.69, 9.17) is 14.6 Å². The topological polar surface area (TPSA) is 96.3 Å². The van der Waals surface area contributed by atoms with E-state index in [0.29, 0.717) is 18.1 Å². The molecule has 0 aliphatic carbocycles. The van der Waals surface area contributed by atoms with Gasteiger partial charge in [0.1, 0.15) is 0 Å². The first kappa shape index (κ1) is 17.8.